The predicted octanol–water partition coefficient (Wildman–Crippen LogP) is 3.33. The molecule has 7 heteroatoms. The van der Waals surface area contributed by atoms with Crippen molar-refractivity contribution in [1.82, 2.24) is 14.8 Å². The number of methoxy groups -OCH3 is 1. The Bertz CT molecular complexity index is 870. The first-order valence-electron chi connectivity index (χ1n) is 7.32. The molecule has 0 bridgehead atoms. The Balaban J connectivity index is 1.72. The topological polar surface area (TPSA) is 66.2 Å². The number of Topliss-reactive ketones (excluding diaryl/α,β-unsaturated/α-hetero) is 1. The van der Waals surface area contributed by atoms with Gasteiger partial charge in [-0.05, 0) is 25.1 Å². The third-order valence-corrected chi connectivity index (χ3v) is 4.39. The van der Waals surface area contributed by atoms with Crippen LogP contribution in [0.4, 0.5) is 0 Å². The van der Waals surface area contributed by atoms with E-state index in [4.69, 9.17) is 9.47 Å². The van der Waals surface area contributed by atoms with Crippen LogP contribution in [0.25, 0.3) is 10.6 Å². The maximum absolute atomic E-state index is 11.4. The molecule has 0 N–H and O–H groups in total. The van der Waals surface area contributed by atoms with Crippen molar-refractivity contribution in [3.8, 4) is 22.1 Å². The van der Waals surface area contributed by atoms with Gasteiger partial charge in [0.25, 0.3) is 0 Å². The summed E-state index contributed by atoms with van der Waals surface area (Å²) in [5.41, 5.74) is 2.40. The van der Waals surface area contributed by atoms with Gasteiger partial charge in [-0.1, -0.05) is 0 Å². The van der Waals surface area contributed by atoms with E-state index in [-0.39, 0.29) is 5.78 Å². The molecule has 0 amide bonds. The van der Waals surface area contributed by atoms with E-state index >= 15 is 0 Å². The van der Waals surface area contributed by atoms with E-state index in [9.17, 15) is 4.79 Å². The van der Waals surface area contributed by atoms with Gasteiger partial charge in [0.15, 0.2) is 17.3 Å². The molecule has 0 aliphatic carbocycles. The first-order chi connectivity index (χ1) is 11.6. The van der Waals surface area contributed by atoms with Gasteiger partial charge in [0, 0.05) is 29.8 Å². The van der Waals surface area contributed by atoms with Crippen LogP contribution in [0.3, 0.4) is 0 Å². The number of hydrogen-bond donors (Lipinski definition) is 0. The second-order valence-corrected chi connectivity index (χ2v) is 6.12. The van der Waals surface area contributed by atoms with Crippen molar-refractivity contribution in [2.24, 2.45) is 7.05 Å². The van der Waals surface area contributed by atoms with Gasteiger partial charge in [-0.15, -0.1) is 11.3 Å². The Labute approximate surface area is 143 Å². The molecule has 0 radical (unpaired) electrons. The zero-order valence-electron chi connectivity index (χ0n) is 13.6. The SMILES string of the molecule is COc1cc(C(C)=O)ccc1OCc1csc(-c2cnn(C)c2)n1. The summed E-state index contributed by atoms with van der Waals surface area (Å²) < 4.78 is 12.8. The smallest absolute Gasteiger partial charge is 0.161 e. The maximum atomic E-state index is 11.4. The molecule has 2 heterocycles. The zero-order valence-corrected chi connectivity index (χ0v) is 14.5. The normalized spacial score (nSPS) is 10.6. The molecule has 6 nitrogen and oxygen atoms in total. The van der Waals surface area contributed by atoms with E-state index in [1.165, 1.54) is 6.92 Å². The number of thiazole rings is 1. The van der Waals surface area contributed by atoms with Crippen LogP contribution in [-0.2, 0) is 13.7 Å². The summed E-state index contributed by atoms with van der Waals surface area (Å²) in [5, 5.41) is 7.01. The molecular weight excluding hydrogens is 326 g/mol. The number of aromatic nitrogens is 3. The maximum Gasteiger partial charge on any atom is 0.161 e. The summed E-state index contributed by atoms with van der Waals surface area (Å²) >= 11 is 1.55. The molecule has 3 rings (SSSR count). The fourth-order valence-corrected chi connectivity index (χ4v) is 2.97. The molecule has 0 saturated heterocycles. The quantitative estimate of drug-likeness (QED) is 0.642. The van der Waals surface area contributed by atoms with E-state index in [0.717, 1.165) is 16.3 Å². The summed E-state index contributed by atoms with van der Waals surface area (Å²) in [6.45, 7) is 1.84. The van der Waals surface area contributed by atoms with Crippen molar-refractivity contribution in [3.05, 3.63) is 47.2 Å². The van der Waals surface area contributed by atoms with Gasteiger partial charge in [-0.3, -0.25) is 9.48 Å². The molecule has 1 aromatic carbocycles. The molecule has 0 atom stereocenters. The van der Waals surface area contributed by atoms with E-state index in [1.54, 1.807) is 47.5 Å². The van der Waals surface area contributed by atoms with E-state index < -0.39 is 0 Å². The van der Waals surface area contributed by atoms with Crippen LogP contribution in [0.5, 0.6) is 11.5 Å². The third-order valence-electron chi connectivity index (χ3n) is 3.45. The van der Waals surface area contributed by atoms with E-state index in [0.29, 0.717) is 23.7 Å². The largest absolute Gasteiger partial charge is 0.493 e. The molecule has 3 aromatic rings. The van der Waals surface area contributed by atoms with Gasteiger partial charge < -0.3 is 9.47 Å². The molecular formula is C17H17N3O3S. The number of aryl methyl sites for hydroxylation is 1. The summed E-state index contributed by atoms with van der Waals surface area (Å²) in [6, 6.07) is 5.14. The minimum atomic E-state index is -0.0135. The minimum absolute atomic E-state index is 0.0135. The fourth-order valence-electron chi connectivity index (χ4n) is 2.20. The van der Waals surface area contributed by atoms with Gasteiger partial charge in [0.2, 0.25) is 0 Å². The van der Waals surface area contributed by atoms with Crippen molar-refractivity contribution in [2.75, 3.05) is 7.11 Å². The lowest BCUT2D eigenvalue weighted by atomic mass is 10.1. The summed E-state index contributed by atoms with van der Waals surface area (Å²) in [5.74, 6) is 1.10. The van der Waals surface area contributed by atoms with E-state index in [2.05, 4.69) is 10.1 Å². The van der Waals surface area contributed by atoms with E-state index in [1.807, 2.05) is 18.6 Å². The number of ketones is 1. The molecule has 124 valence electrons. The van der Waals surface area contributed by atoms with Gasteiger partial charge in [0.1, 0.15) is 11.6 Å². The van der Waals surface area contributed by atoms with Gasteiger partial charge >= 0.3 is 0 Å². The third kappa shape index (κ3) is 3.46. The Morgan fingerprint density at radius 2 is 2.17 bits per heavy atom. The average Bonchev–Trinajstić information content (AvgIpc) is 3.21. The number of rotatable bonds is 6. The number of benzene rings is 1. The number of carbonyl (C=O) groups is 1. The second-order valence-electron chi connectivity index (χ2n) is 5.26. The number of ether oxygens (including phenoxy) is 2. The first kappa shape index (κ1) is 16.2. The molecule has 0 spiro atoms. The van der Waals surface area contributed by atoms with Crippen LogP contribution in [0, 0.1) is 0 Å². The standard InChI is InChI=1S/C17H17N3O3S/c1-11(21)12-4-5-15(16(6-12)22-3)23-9-14-10-24-17(19-14)13-7-18-20(2)8-13/h4-8,10H,9H2,1-3H3. The molecule has 2 aromatic heterocycles. The van der Waals surface area contributed by atoms with Crippen molar-refractivity contribution in [1.29, 1.82) is 0 Å². The van der Waals surface area contributed by atoms with Crippen LogP contribution in [0.2, 0.25) is 0 Å². The highest BCUT2D eigenvalue weighted by Gasteiger charge is 2.11. The van der Waals surface area contributed by atoms with Crippen molar-refractivity contribution >= 4 is 17.1 Å². The molecule has 0 aliphatic heterocycles. The molecule has 0 unspecified atom stereocenters. The van der Waals surface area contributed by atoms with Gasteiger partial charge in [-0.25, -0.2) is 4.98 Å². The Morgan fingerprint density at radius 3 is 2.83 bits per heavy atom. The zero-order chi connectivity index (χ0) is 17.1. The first-order valence-corrected chi connectivity index (χ1v) is 8.20. The minimum Gasteiger partial charge on any atom is -0.493 e. The van der Waals surface area contributed by atoms with Crippen molar-refractivity contribution < 1.29 is 14.3 Å². The number of hydrogen-bond acceptors (Lipinski definition) is 6. The highest BCUT2D eigenvalue weighted by atomic mass is 32.1. The van der Waals surface area contributed by atoms with Crippen LogP contribution < -0.4 is 9.47 Å². The Morgan fingerprint density at radius 1 is 1.33 bits per heavy atom. The highest BCUT2D eigenvalue weighted by molar-refractivity contribution is 7.13. The summed E-state index contributed by atoms with van der Waals surface area (Å²) in [6.07, 6.45) is 3.71. The van der Waals surface area contributed by atoms with Gasteiger partial charge in [-0.2, -0.15) is 5.10 Å². The van der Waals surface area contributed by atoms with Crippen LogP contribution in [0.15, 0.2) is 36.0 Å². The second kappa shape index (κ2) is 6.84. The number of nitrogens with zero attached hydrogens (tertiary/aromatic N) is 3. The Kier molecular flexibility index (Phi) is 4.61. The fraction of sp³-hybridized carbons (Fsp3) is 0.235. The lowest BCUT2D eigenvalue weighted by Crippen LogP contribution is -2.00. The molecule has 0 saturated carbocycles. The molecule has 24 heavy (non-hydrogen) atoms. The summed E-state index contributed by atoms with van der Waals surface area (Å²) in [4.78, 5) is 16.0. The van der Waals surface area contributed by atoms with Crippen LogP contribution in [0.1, 0.15) is 23.0 Å². The average molecular weight is 343 g/mol. The lowest BCUT2D eigenvalue weighted by Gasteiger charge is -2.10. The van der Waals surface area contributed by atoms with Crippen molar-refractivity contribution in [3.63, 3.8) is 0 Å². The van der Waals surface area contributed by atoms with Crippen molar-refractivity contribution in [2.45, 2.75) is 13.5 Å². The predicted molar refractivity (Wildman–Crippen MR) is 91.6 cm³/mol. The van der Waals surface area contributed by atoms with Crippen LogP contribution >= 0.6 is 11.3 Å². The lowest BCUT2D eigenvalue weighted by molar-refractivity contribution is 0.101. The molecule has 0 aliphatic rings. The van der Waals surface area contributed by atoms with Crippen LogP contribution in [-0.4, -0.2) is 27.7 Å². The molecule has 0 fully saturated rings. The highest BCUT2D eigenvalue weighted by Crippen LogP contribution is 2.30. The summed E-state index contributed by atoms with van der Waals surface area (Å²) in [7, 11) is 3.42. The monoisotopic (exact) mass is 343 g/mol. The van der Waals surface area contributed by atoms with Gasteiger partial charge in [0.05, 0.1) is 19.0 Å². The number of carbonyl (C=O) groups excluding carboxylic acids is 1. The Hall–Kier alpha value is -2.67.